The van der Waals surface area contributed by atoms with Crippen LogP contribution in [0.2, 0.25) is 5.02 Å². The molecule has 0 saturated carbocycles. The van der Waals surface area contributed by atoms with Crippen molar-refractivity contribution >= 4 is 38.1 Å². The molecule has 0 radical (unpaired) electrons. The average molecular weight is 520 g/mol. The third-order valence-corrected chi connectivity index (χ3v) is 6.58. The molecule has 8 nitrogen and oxygen atoms in total. The third kappa shape index (κ3) is 4.91. The van der Waals surface area contributed by atoms with Gasteiger partial charge in [0.15, 0.2) is 0 Å². The molecule has 0 spiro atoms. The van der Waals surface area contributed by atoms with Crippen LogP contribution in [-0.4, -0.2) is 28.8 Å². The Morgan fingerprint density at radius 1 is 1.15 bits per heavy atom. The number of H-pyrrole nitrogens is 1. The van der Waals surface area contributed by atoms with Gasteiger partial charge in [0, 0.05) is 23.4 Å². The van der Waals surface area contributed by atoms with Gasteiger partial charge >= 0.3 is 6.18 Å². The molecule has 0 fully saturated rings. The van der Waals surface area contributed by atoms with Gasteiger partial charge in [-0.3, -0.25) is 9.82 Å². The Morgan fingerprint density at radius 3 is 2.58 bits per heavy atom. The largest absolute Gasteiger partial charge is 0.455 e. The Morgan fingerprint density at radius 2 is 1.94 bits per heavy atom. The smallest absolute Gasteiger partial charge is 0.416 e. The Balaban J connectivity index is 1.71. The highest BCUT2D eigenvalue weighted by atomic mass is 35.5. The number of anilines is 1. The summed E-state index contributed by atoms with van der Waals surface area (Å²) in [6, 6.07) is 4.20. The molecule has 0 saturated heterocycles. The summed E-state index contributed by atoms with van der Waals surface area (Å²) in [6.07, 6.45) is -1.99. The molecular formula is C18H10ClF4N5O3S2. The number of nitrogens with zero attached hydrogens (tertiary/aromatic N) is 3. The number of aromatic amines is 1. The Hall–Kier alpha value is -3.23. The van der Waals surface area contributed by atoms with Gasteiger partial charge in [-0.1, -0.05) is 22.9 Å². The van der Waals surface area contributed by atoms with Crippen molar-refractivity contribution in [3.8, 4) is 22.6 Å². The van der Waals surface area contributed by atoms with Gasteiger partial charge in [-0.25, -0.2) is 12.8 Å². The van der Waals surface area contributed by atoms with Gasteiger partial charge < -0.3 is 4.74 Å². The predicted octanol–water partition coefficient (Wildman–Crippen LogP) is 5.33. The first-order valence-corrected chi connectivity index (χ1v) is 11.4. The zero-order valence-corrected chi connectivity index (χ0v) is 18.3. The number of benzene rings is 2. The molecule has 33 heavy (non-hydrogen) atoms. The van der Waals surface area contributed by atoms with Crippen molar-refractivity contribution in [3.05, 3.63) is 64.6 Å². The zero-order valence-electron chi connectivity index (χ0n) is 15.9. The van der Waals surface area contributed by atoms with Gasteiger partial charge in [0.1, 0.15) is 27.7 Å². The Bertz CT molecular complexity index is 1400. The molecule has 0 bridgehead atoms. The second-order valence-electron chi connectivity index (χ2n) is 6.36. The van der Waals surface area contributed by atoms with Crippen molar-refractivity contribution in [2.75, 3.05) is 4.72 Å². The quantitative estimate of drug-likeness (QED) is 0.333. The number of alkyl halides is 3. The molecule has 0 atom stereocenters. The minimum Gasteiger partial charge on any atom is -0.455 e. The molecule has 172 valence electrons. The molecule has 15 heteroatoms. The zero-order chi connectivity index (χ0) is 23.8. The number of sulfonamides is 1. The monoisotopic (exact) mass is 519 g/mol. The first-order valence-electron chi connectivity index (χ1n) is 8.71. The SMILES string of the molecule is O=S(=O)(Nc1nncs1)c1cc(Cl)c(Oc2ccc(C(F)(F)F)cc2-c2cn[nH]c2)cc1F. The van der Waals surface area contributed by atoms with E-state index in [0.717, 1.165) is 35.6 Å². The van der Waals surface area contributed by atoms with Crippen LogP contribution in [0.5, 0.6) is 11.5 Å². The molecule has 2 aromatic heterocycles. The molecule has 0 unspecified atom stereocenters. The van der Waals surface area contributed by atoms with E-state index < -0.39 is 32.5 Å². The number of rotatable bonds is 6. The number of ether oxygens (including phenoxy) is 1. The summed E-state index contributed by atoms with van der Waals surface area (Å²) in [5, 5.41) is 12.8. The van der Waals surface area contributed by atoms with Crippen LogP contribution in [0.15, 0.2) is 53.1 Å². The van der Waals surface area contributed by atoms with Gasteiger partial charge in [-0.2, -0.15) is 18.3 Å². The highest BCUT2D eigenvalue weighted by molar-refractivity contribution is 7.93. The van der Waals surface area contributed by atoms with Gasteiger partial charge in [0.2, 0.25) is 5.13 Å². The molecule has 4 rings (SSSR count). The minimum atomic E-state index is -4.61. The number of halogens is 5. The fourth-order valence-corrected chi connectivity index (χ4v) is 4.77. The predicted molar refractivity (Wildman–Crippen MR) is 111 cm³/mol. The van der Waals surface area contributed by atoms with E-state index in [1.807, 2.05) is 0 Å². The standard InChI is InChI=1S/C18H10ClF4N5O3S2/c19-12-4-16(33(29,30)28-17-27-26-8-32-17)13(20)5-15(12)31-14-2-1-10(18(21,22)23)3-11(14)9-6-24-25-7-9/h1-8H,(H,24,25)(H,27,28). The molecule has 2 N–H and O–H groups in total. The van der Waals surface area contributed by atoms with Gasteiger partial charge in [-0.05, 0) is 24.3 Å². The second kappa shape index (κ2) is 8.61. The lowest BCUT2D eigenvalue weighted by molar-refractivity contribution is -0.137. The van der Waals surface area contributed by atoms with Crippen LogP contribution < -0.4 is 9.46 Å². The van der Waals surface area contributed by atoms with Crippen LogP contribution in [0, 0.1) is 5.82 Å². The molecule has 0 aliphatic carbocycles. The topological polar surface area (TPSA) is 110 Å². The van der Waals surface area contributed by atoms with Gasteiger partial charge in [0.05, 0.1) is 16.8 Å². The number of hydrogen-bond donors (Lipinski definition) is 2. The molecule has 0 amide bonds. The molecule has 4 aromatic rings. The van der Waals surface area contributed by atoms with Gasteiger partial charge in [-0.15, -0.1) is 10.2 Å². The third-order valence-electron chi connectivity index (χ3n) is 4.19. The van der Waals surface area contributed by atoms with Crippen molar-refractivity contribution in [1.82, 2.24) is 20.4 Å². The molecule has 0 aliphatic rings. The minimum absolute atomic E-state index is 0.00434. The van der Waals surface area contributed by atoms with E-state index in [4.69, 9.17) is 16.3 Å². The lowest BCUT2D eigenvalue weighted by atomic mass is 10.0. The summed E-state index contributed by atoms with van der Waals surface area (Å²) < 4.78 is 86.8. The average Bonchev–Trinajstić information content (AvgIpc) is 3.43. The summed E-state index contributed by atoms with van der Waals surface area (Å²) in [5.41, 5.74) is 0.616. The van der Waals surface area contributed by atoms with Crippen molar-refractivity contribution < 1.29 is 30.7 Å². The molecule has 2 aromatic carbocycles. The maximum Gasteiger partial charge on any atom is 0.416 e. The summed E-state index contributed by atoms with van der Waals surface area (Å²) in [6.45, 7) is 0. The van der Waals surface area contributed by atoms with E-state index >= 15 is 0 Å². The molecular weight excluding hydrogens is 510 g/mol. The van der Waals surface area contributed by atoms with Crippen LogP contribution in [0.1, 0.15) is 5.56 Å². The highest BCUT2D eigenvalue weighted by Gasteiger charge is 2.32. The Labute approximate surface area is 192 Å². The summed E-state index contributed by atoms with van der Waals surface area (Å²) in [4.78, 5) is -0.780. The number of aromatic nitrogens is 4. The second-order valence-corrected chi connectivity index (χ2v) is 9.25. The van der Waals surface area contributed by atoms with Crippen molar-refractivity contribution in [2.45, 2.75) is 11.1 Å². The van der Waals surface area contributed by atoms with Gasteiger partial charge in [0.25, 0.3) is 10.0 Å². The van der Waals surface area contributed by atoms with Crippen molar-refractivity contribution in [1.29, 1.82) is 0 Å². The maximum atomic E-state index is 14.7. The first-order chi connectivity index (χ1) is 15.5. The van der Waals surface area contributed by atoms with Crippen LogP contribution in [0.3, 0.4) is 0 Å². The molecule has 2 heterocycles. The van der Waals surface area contributed by atoms with Crippen molar-refractivity contribution in [3.63, 3.8) is 0 Å². The number of hydrogen-bond acceptors (Lipinski definition) is 7. The van der Waals surface area contributed by atoms with E-state index in [-0.39, 0.29) is 32.8 Å². The lowest BCUT2D eigenvalue weighted by Crippen LogP contribution is -2.14. The maximum absolute atomic E-state index is 14.7. The molecule has 0 aliphatic heterocycles. The normalized spacial score (nSPS) is 12.0. The van der Waals surface area contributed by atoms with Crippen LogP contribution >= 0.6 is 22.9 Å². The lowest BCUT2D eigenvalue weighted by Gasteiger charge is -2.15. The summed E-state index contributed by atoms with van der Waals surface area (Å²) in [5.74, 6) is -1.61. The van der Waals surface area contributed by atoms with Crippen LogP contribution in [0.4, 0.5) is 22.7 Å². The highest BCUT2D eigenvalue weighted by Crippen LogP contribution is 2.41. The number of nitrogens with one attached hydrogen (secondary N) is 2. The fraction of sp³-hybridized carbons (Fsp3) is 0.0556. The van der Waals surface area contributed by atoms with E-state index in [2.05, 4.69) is 25.1 Å². The van der Waals surface area contributed by atoms with E-state index in [0.29, 0.717) is 6.07 Å². The summed E-state index contributed by atoms with van der Waals surface area (Å²) >= 11 is 6.99. The Kier molecular flexibility index (Phi) is 5.99. The van der Waals surface area contributed by atoms with E-state index in [1.165, 1.54) is 17.9 Å². The van der Waals surface area contributed by atoms with Crippen molar-refractivity contribution in [2.24, 2.45) is 0 Å². The van der Waals surface area contributed by atoms with Crippen LogP contribution in [-0.2, 0) is 16.2 Å². The summed E-state index contributed by atoms with van der Waals surface area (Å²) in [7, 11) is -4.39. The van der Waals surface area contributed by atoms with E-state index in [9.17, 15) is 26.0 Å². The first kappa shape index (κ1) is 22.9. The van der Waals surface area contributed by atoms with Crippen LogP contribution in [0.25, 0.3) is 11.1 Å². The fourth-order valence-electron chi connectivity index (χ4n) is 2.72. The van der Waals surface area contributed by atoms with E-state index in [1.54, 1.807) is 0 Å².